The fourth-order valence-corrected chi connectivity index (χ4v) is 1.24. The van der Waals surface area contributed by atoms with E-state index in [9.17, 15) is 31.5 Å². The zero-order chi connectivity index (χ0) is 14.1. The molecule has 0 heterocycles. The molecule has 0 fully saturated rings. The van der Waals surface area contributed by atoms with Gasteiger partial charge < -0.3 is 10.4 Å². The lowest BCUT2D eigenvalue weighted by Crippen LogP contribution is -2.64. The maximum absolute atomic E-state index is 13.1. The number of rotatable bonds is 4. The summed E-state index contributed by atoms with van der Waals surface area (Å²) in [5, 5.41) is 9.68. The third-order valence-corrected chi connectivity index (χ3v) is 2.01. The van der Waals surface area contributed by atoms with E-state index in [2.05, 4.69) is 0 Å². The molecular formula is C8H10F5NO3. The number of hydrogen-bond donors (Lipinski definition) is 2. The number of carboxylic acids is 1. The second-order valence-corrected chi connectivity index (χ2v) is 3.66. The van der Waals surface area contributed by atoms with Crippen LogP contribution in [-0.2, 0) is 9.59 Å². The van der Waals surface area contributed by atoms with Crippen molar-refractivity contribution in [1.29, 1.82) is 0 Å². The van der Waals surface area contributed by atoms with E-state index in [0.717, 1.165) is 0 Å². The molecule has 0 saturated carbocycles. The van der Waals surface area contributed by atoms with Crippen molar-refractivity contribution in [2.75, 3.05) is 0 Å². The van der Waals surface area contributed by atoms with Crippen molar-refractivity contribution >= 4 is 11.9 Å². The maximum atomic E-state index is 13.1. The largest absolute Gasteiger partial charge is 0.481 e. The molecule has 1 amide bonds. The molecule has 0 aliphatic heterocycles. The zero-order valence-electron chi connectivity index (χ0n) is 8.86. The van der Waals surface area contributed by atoms with E-state index in [1.54, 1.807) is 0 Å². The first-order valence-corrected chi connectivity index (χ1v) is 4.28. The molecule has 0 spiro atoms. The first kappa shape index (κ1) is 15.6. The van der Waals surface area contributed by atoms with Crippen LogP contribution in [0.15, 0.2) is 0 Å². The normalized spacial score (nSPS) is 16.2. The maximum Gasteiger partial charge on any atom is 0.455 e. The highest BCUT2D eigenvalue weighted by Crippen LogP contribution is 2.44. The highest BCUT2D eigenvalue weighted by molar-refractivity contribution is 5.76. The average Bonchev–Trinajstić information content (AvgIpc) is 1.97. The van der Waals surface area contributed by atoms with Gasteiger partial charge in [0.25, 0.3) is 0 Å². The molecule has 4 nitrogen and oxygen atoms in total. The van der Waals surface area contributed by atoms with Crippen LogP contribution < -0.4 is 5.32 Å². The van der Waals surface area contributed by atoms with Gasteiger partial charge in [-0.05, 0) is 6.92 Å². The predicted octanol–water partition coefficient (Wildman–Crippen LogP) is 1.55. The third kappa shape index (κ3) is 3.27. The number of aliphatic carboxylic acids is 1. The number of amides is 1. The van der Waals surface area contributed by atoms with E-state index in [1.165, 1.54) is 5.32 Å². The van der Waals surface area contributed by atoms with Gasteiger partial charge in [0, 0.05) is 6.92 Å². The van der Waals surface area contributed by atoms with Crippen LogP contribution >= 0.6 is 0 Å². The van der Waals surface area contributed by atoms with E-state index in [0.29, 0.717) is 13.8 Å². The number of carboxylic acid groups (broad SMARTS) is 1. The molecule has 0 aromatic rings. The van der Waals surface area contributed by atoms with E-state index < -0.39 is 35.9 Å². The lowest BCUT2D eigenvalue weighted by Gasteiger charge is -2.37. The lowest BCUT2D eigenvalue weighted by molar-refractivity contribution is -0.308. The number of hydrogen-bond acceptors (Lipinski definition) is 2. The number of halogens is 5. The van der Waals surface area contributed by atoms with Crippen molar-refractivity contribution < 1.29 is 36.6 Å². The van der Waals surface area contributed by atoms with Crippen LogP contribution in [-0.4, -0.2) is 34.6 Å². The van der Waals surface area contributed by atoms with Crippen molar-refractivity contribution in [1.82, 2.24) is 5.32 Å². The Morgan fingerprint density at radius 1 is 1.18 bits per heavy atom. The van der Waals surface area contributed by atoms with E-state index >= 15 is 0 Å². The van der Waals surface area contributed by atoms with Crippen molar-refractivity contribution in [3.8, 4) is 0 Å². The number of carbonyl (C=O) groups is 2. The highest BCUT2D eigenvalue weighted by atomic mass is 19.4. The van der Waals surface area contributed by atoms with Gasteiger partial charge in [-0.15, -0.1) is 0 Å². The van der Waals surface area contributed by atoms with Crippen molar-refractivity contribution in [3.63, 3.8) is 0 Å². The summed E-state index contributed by atoms with van der Waals surface area (Å²) in [6.45, 7) is 1.04. The summed E-state index contributed by atoms with van der Waals surface area (Å²) in [6.07, 6.45) is -7.52. The minimum absolute atomic E-state index is 0.329. The summed E-state index contributed by atoms with van der Waals surface area (Å²) in [5.74, 6) is -8.42. The van der Waals surface area contributed by atoms with Gasteiger partial charge in [0.05, 0.1) is 6.42 Å². The van der Waals surface area contributed by atoms with Gasteiger partial charge in [0.2, 0.25) is 5.91 Å². The van der Waals surface area contributed by atoms with Crippen LogP contribution in [0.25, 0.3) is 0 Å². The molecule has 0 bridgehead atoms. The average molecular weight is 263 g/mol. The Bertz CT molecular complexity index is 310. The van der Waals surface area contributed by atoms with Crippen LogP contribution in [0, 0.1) is 0 Å². The topological polar surface area (TPSA) is 66.4 Å². The first-order chi connectivity index (χ1) is 7.33. The molecule has 0 aliphatic rings. The van der Waals surface area contributed by atoms with Crippen molar-refractivity contribution in [2.45, 2.75) is 37.9 Å². The molecule has 2 N–H and O–H groups in total. The van der Waals surface area contributed by atoms with Crippen molar-refractivity contribution in [3.05, 3.63) is 0 Å². The zero-order valence-corrected chi connectivity index (χ0v) is 8.86. The molecule has 100 valence electrons. The van der Waals surface area contributed by atoms with E-state index in [1.807, 2.05) is 0 Å². The molecule has 0 aromatic heterocycles. The Balaban J connectivity index is 5.45. The Morgan fingerprint density at radius 2 is 1.59 bits per heavy atom. The van der Waals surface area contributed by atoms with Crippen molar-refractivity contribution in [2.24, 2.45) is 0 Å². The summed E-state index contributed by atoms with van der Waals surface area (Å²) in [4.78, 5) is 20.9. The molecule has 0 rings (SSSR count). The fourth-order valence-electron chi connectivity index (χ4n) is 1.24. The number of carbonyl (C=O) groups excluding carboxylic acids is 1. The molecule has 0 aromatic carbocycles. The van der Waals surface area contributed by atoms with Gasteiger partial charge in [-0.2, -0.15) is 22.0 Å². The van der Waals surface area contributed by atoms with E-state index in [4.69, 9.17) is 5.11 Å². The molecule has 0 aliphatic carbocycles. The minimum Gasteiger partial charge on any atom is -0.481 e. The third-order valence-electron chi connectivity index (χ3n) is 2.01. The summed E-state index contributed by atoms with van der Waals surface area (Å²) < 4.78 is 62.6. The highest BCUT2D eigenvalue weighted by Gasteiger charge is 2.69. The standard InChI is InChI=1S/C8H10F5NO3/c1-4(15)14-6(2,3-5(16)17)7(9,10)8(11,12)13/h3H2,1-2H3,(H,14,15)(H,16,17). The summed E-state index contributed by atoms with van der Waals surface area (Å²) in [5.41, 5.74) is -3.23. The van der Waals surface area contributed by atoms with Gasteiger partial charge in [-0.1, -0.05) is 0 Å². The Hall–Kier alpha value is -1.41. The molecule has 0 saturated heterocycles. The second kappa shape index (κ2) is 4.46. The smallest absolute Gasteiger partial charge is 0.455 e. The Morgan fingerprint density at radius 3 is 1.82 bits per heavy atom. The summed E-state index contributed by atoms with van der Waals surface area (Å²) in [7, 11) is 0. The van der Waals surface area contributed by atoms with Gasteiger partial charge in [0.15, 0.2) is 0 Å². The minimum atomic E-state index is -5.96. The monoisotopic (exact) mass is 263 g/mol. The lowest BCUT2D eigenvalue weighted by atomic mass is 9.89. The van der Waals surface area contributed by atoms with Crippen LogP contribution in [0.2, 0.25) is 0 Å². The first-order valence-electron chi connectivity index (χ1n) is 4.28. The quantitative estimate of drug-likeness (QED) is 0.756. The molecule has 17 heavy (non-hydrogen) atoms. The van der Waals surface area contributed by atoms with Gasteiger partial charge >= 0.3 is 18.1 Å². The molecule has 0 radical (unpaired) electrons. The van der Waals surface area contributed by atoms with Crippen LogP contribution in [0.5, 0.6) is 0 Å². The fraction of sp³-hybridized carbons (Fsp3) is 0.750. The number of nitrogens with one attached hydrogen (secondary N) is 1. The van der Waals surface area contributed by atoms with Crippen LogP contribution in [0.4, 0.5) is 22.0 Å². The van der Waals surface area contributed by atoms with Crippen LogP contribution in [0.1, 0.15) is 20.3 Å². The van der Waals surface area contributed by atoms with Gasteiger partial charge in [0.1, 0.15) is 5.54 Å². The number of alkyl halides is 5. The molecule has 1 atom stereocenters. The molecule has 1 unspecified atom stereocenters. The summed E-state index contributed by atoms with van der Waals surface area (Å²) in [6, 6.07) is 0. The predicted molar refractivity (Wildman–Crippen MR) is 45.5 cm³/mol. The van der Waals surface area contributed by atoms with E-state index in [-0.39, 0.29) is 0 Å². The SMILES string of the molecule is CC(=O)NC(C)(CC(=O)O)C(F)(F)C(F)(F)F. The summed E-state index contributed by atoms with van der Waals surface area (Å²) >= 11 is 0. The molecular weight excluding hydrogens is 253 g/mol. The Kier molecular flexibility index (Phi) is 4.09. The van der Waals surface area contributed by atoms with Crippen LogP contribution in [0.3, 0.4) is 0 Å². The Labute approximate surface area is 92.8 Å². The van der Waals surface area contributed by atoms with Gasteiger partial charge in [-0.3, -0.25) is 9.59 Å². The second-order valence-electron chi connectivity index (χ2n) is 3.66. The van der Waals surface area contributed by atoms with Gasteiger partial charge in [-0.25, -0.2) is 0 Å². The molecule has 9 heteroatoms.